The van der Waals surface area contributed by atoms with Gasteiger partial charge < -0.3 is 15.6 Å². The van der Waals surface area contributed by atoms with Crippen LogP contribution < -0.4 is 15.8 Å². The van der Waals surface area contributed by atoms with E-state index in [1.807, 2.05) is 0 Å². The maximum absolute atomic E-state index is 14.1. The summed E-state index contributed by atoms with van der Waals surface area (Å²) in [7, 11) is 0. The molecule has 3 rings (SSSR count). The van der Waals surface area contributed by atoms with Crippen molar-refractivity contribution >= 4 is 35.0 Å². The van der Waals surface area contributed by atoms with Gasteiger partial charge in [-0.1, -0.05) is 18.2 Å². The molecule has 2 amide bonds. The highest BCUT2D eigenvalue weighted by Gasteiger charge is 2.24. The van der Waals surface area contributed by atoms with Crippen LogP contribution >= 0.6 is 11.8 Å². The van der Waals surface area contributed by atoms with E-state index >= 15 is 0 Å². The van der Waals surface area contributed by atoms with Gasteiger partial charge in [0.15, 0.2) is 0 Å². The highest BCUT2D eigenvalue weighted by Crippen LogP contribution is 2.28. The van der Waals surface area contributed by atoms with Crippen molar-refractivity contribution in [3.63, 3.8) is 0 Å². The molecule has 0 aliphatic carbocycles. The fourth-order valence-corrected chi connectivity index (χ4v) is 3.10. The highest BCUT2D eigenvalue weighted by molar-refractivity contribution is 8.18. The molecule has 1 aliphatic rings. The highest BCUT2D eigenvalue weighted by atomic mass is 32.2. The number of halogens is 1. The van der Waals surface area contributed by atoms with E-state index in [0.29, 0.717) is 16.2 Å². The number of aliphatic carboxylic acids is 1. The van der Waals surface area contributed by atoms with E-state index in [1.165, 1.54) is 12.1 Å². The number of imide groups is 1. The third-order valence-corrected chi connectivity index (χ3v) is 4.65. The minimum atomic E-state index is -1.20. The average molecular weight is 402 g/mol. The molecule has 0 saturated carbocycles. The molecule has 1 fully saturated rings. The first-order valence-electron chi connectivity index (χ1n) is 8.11. The number of carbonyl (C=O) groups excluding carboxylic acids is 2. The van der Waals surface area contributed by atoms with Gasteiger partial charge in [-0.15, -0.1) is 0 Å². The zero-order chi connectivity index (χ0) is 20.3. The Bertz CT molecular complexity index is 975. The molecule has 4 N–H and O–H groups in total. The Morgan fingerprint density at radius 2 is 1.89 bits per heavy atom. The van der Waals surface area contributed by atoms with Gasteiger partial charge in [-0.2, -0.15) is 0 Å². The summed E-state index contributed by atoms with van der Waals surface area (Å²) in [4.78, 5) is 33.8. The van der Waals surface area contributed by atoms with Gasteiger partial charge in [0.05, 0.1) is 4.91 Å². The molecule has 1 unspecified atom stereocenters. The Labute approximate surface area is 163 Å². The molecule has 144 valence electrons. The zero-order valence-corrected chi connectivity index (χ0v) is 15.2. The molecule has 2 aromatic rings. The molecule has 0 spiro atoms. The Hall–Kier alpha value is -3.17. The van der Waals surface area contributed by atoms with E-state index in [1.54, 1.807) is 30.3 Å². The summed E-state index contributed by atoms with van der Waals surface area (Å²) in [6.45, 7) is 0. The number of rotatable bonds is 6. The van der Waals surface area contributed by atoms with Gasteiger partial charge in [0.25, 0.3) is 11.1 Å². The van der Waals surface area contributed by atoms with E-state index < -0.39 is 29.0 Å². The molecular formula is C19H15FN2O5S. The van der Waals surface area contributed by atoms with Crippen molar-refractivity contribution in [3.05, 3.63) is 64.3 Å². The van der Waals surface area contributed by atoms with Crippen LogP contribution in [0.5, 0.6) is 11.5 Å². The Kier molecular flexibility index (Phi) is 5.76. The van der Waals surface area contributed by atoms with Crippen LogP contribution in [0.4, 0.5) is 9.18 Å². The third kappa shape index (κ3) is 4.76. The topological polar surface area (TPSA) is 119 Å². The van der Waals surface area contributed by atoms with Crippen molar-refractivity contribution in [3.8, 4) is 11.5 Å². The standard InChI is InChI=1S/C19H15FN2O5S/c20-14-9-13(6-3-11(14)8-15(21)18(24)25)27-12-4-1-10(2-5-12)7-16-17(23)22-19(26)28-16/h1-7,9,15H,8,21H2,(H,24,25)(H,22,23,26)/b16-7+. The lowest BCUT2D eigenvalue weighted by molar-refractivity contribution is -0.138. The zero-order valence-electron chi connectivity index (χ0n) is 14.3. The first kappa shape index (κ1) is 19.6. The summed E-state index contributed by atoms with van der Waals surface area (Å²) in [5, 5.41) is 10.6. The molecule has 0 radical (unpaired) electrons. The van der Waals surface area contributed by atoms with Crippen LogP contribution in [0.15, 0.2) is 47.4 Å². The largest absolute Gasteiger partial charge is 0.480 e. The first-order valence-corrected chi connectivity index (χ1v) is 8.93. The Morgan fingerprint density at radius 1 is 1.21 bits per heavy atom. The van der Waals surface area contributed by atoms with Crippen molar-refractivity contribution in [2.45, 2.75) is 12.5 Å². The van der Waals surface area contributed by atoms with Gasteiger partial charge in [-0.05, 0) is 47.2 Å². The van der Waals surface area contributed by atoms with Gasteiger partial charge in [0, 0.05) is 12.5 Å². The molecular weight excluding hydrogens is 387 g/mol. The lowest BCUT2D eigenvalue weighted by atomic mass is 10.1. The minimum absolute atomic E-state index is 0.126. The molecule has 7 nitrogen and oxygen atoms in total. The maximum atomic E-state index is 14.1. The smallest absolute Gasteiger partial charge is 0.320 e. The van der Waals surface area contributed by atoms with Gasteiger partial charge >= 0.3 is 5.97 Å². The molecule has 1 aliphatic heterocycles. The number of carboxylic acids is 1. The number of carbonyl (C=O) groups is 3. The van der Waals surface area contributed by atoms with Crippen molar-refractivity contribution in [2.75, 3.05) is 0 Å². The molecule has 1 atom stereocenters. The first-order chi connectivity index (χ1) is 13.3. The lowest BCUT2D eigenvalue weighted by Crippen LogP contribution is -2.32. The van der Waals surface area contributed by atoms with Crippen LogP contribution in [0.1, 0.15) is 11.1 Å². The fourth-order valence-electron chi connectivity index (χ4n) is 2.42. The monoisotopic (exact) mass is 402 g/mol. The second-order valence-corrected chi connectivity index (χ2v) is 6.94. The fraction of sp³-hybridized carbons (Fsp3) is 0.105. The van der Waals surface area contributed by atoms with Crippen LogP contribution in [0.25, 0.3) is 6.08 Å². The summed E-state index contributed by atoms with van der Waals surface area (Å²) in [6.07, 6.45) is 1.45. The summed E-state index contributed by atoms with van der Waals surface area (Å²) < 4.78 is 19.7. The number of ether oxygens (including phenoxy) is 1. The SMILES string of the molecule is NC(Cc1ccc(Oc2ccc(/C=C3/SC(=O)NC3=O)cc2)cc1F)C(=O)O. The number of hydrogen-bond donors (Lipinski definition) is 3. The maximum Gasteiger partial charge on any atom is 0.320 e. The average Bonchev–Trinajstić information content (AvgIpc) is 2.96. The summed E-state index contributed by atoms with van der Waals surface area (Å²) in [6, 6.07) is 9.58. The van der Waals surface area contributed by atoms with Crippen LogP contribution in [-0.4, -0.2) is 28.3 Å². The minimum Gasteiger partial charge on any atom is -0.480 e. The molecule has 9 heteroatoms. The van der Waals surface area contributed by atoms with Crippen molar-refractivity contribution in [1.29, 1.82) is 0 Å². The Balaban J connectivity index is 1.68. The molecule has 2 aromatic carbocycles. The van der Waals surface area contributed by atoms with Crippen LogP contribution in [0.2, 0.25) is 0 Å². The number of hydrogen-bond acceptors (Lipinski definition) is 6. The number of carboxylic acid groups (broad SMARTS) is 1. The molecule has 0 aromatic heterocycles. The van der Waals surface area contributed by atoms with Gasteiger partial charge in [0.2, 0.25) is 0 Å². The second-order valence-electron chi connectivity index (χ2n) is 5.93. The van der Waals surface area contributed by atoms with E-state index in [0.717, 1.165) is 17.8 Å². The summed E-state index contributed by atoms with van der Waals surface area (Å²) in [5.74, 6) is -1.56. The predicted molar refractivity (Wildman–Crippen MR) is 101 cm³/mol. The van der Waals surface area contributed by atoms with Crippen molar-refractivity contribution in [2.24, 2.45) is 5.73 Å². The third-order valence-electron chi connectivity index (χ3n) is 3.84. The quantitative estimate of drug-likeness (QED) is 0.636. The van der Waals surface area contributed by atoms with E-state index in [2.05, 4.69) is 5.32 Å². The second kappa shape index (κ2) is 8.24. The van der Waals surface area contributed by atoms with Crippen molar-refractivity contribution in [1.82, 2.24) is 5.32 Å². The molecule has 28 heavy (non-hydrogen) atoms. The van der Waals surface area contributed by atoms with Crippen LogP contribution in [0, 0.1) is 5.82 Å². The summed E-state index contributed by atoms with van der Waals surface area (Å²) in [5.41, 5.74) is 6.30. The summed E-state index contributed by atoms with van der Waals surface area (Å²) >= 11 is 0.827. The Morgan fingerprint density at radius 3 is 2.46 bits per heavy atom. The number of nitrogens with two attached hydrogens (primary N) is 1. The lowest BCUT2D eigenvalue weighted by Gasteiger charge is -2.10. The van der Waals surface area contributed by atoms with Gasteiger partial charge in [-0.25, -0.2) is 4.39 Å². The van der Waals surface area contributed by atoms with Gasteiger partial charge in [0.1, 0.15) is 23.4 Å². The molecule has 0 bridgehead atoms. The van der Waals surface area contributed by atoms with Crippen molar-refractivity contribution < 1.29 is 28.6 Å². The van der Waals surface area contributed by atoms with Crippen LogP contribution in [0.3, 0.4) is 0 Å². The van der Waals surface area contributed by atoms with E-state index in [-0.39, 0.29) is 17.7 Å². The number of benzene rings is 2. The van der Waals surface area contributed by atoms with E-state index in [4.69, 9.17) is 15.6 Å². The number of amides is 2. The normalized spacial score (nSPS) is 16.1. The number of nitrogens with one attached hydrogen (secondary N) is 1. The van der Waals surface area contributed by atoms with Gasteiger partial charge in [-0.3, -0.25) is 19.7 Å². The predicted octanol–water partition coefficient (Wildman–Crippen LogP) is 2.90. The molecule has 1 heterocycles. The molecule has 1 saturated heterocycles. The number of thioether (sulfide) groups is 1. The van der Waals surface area contributed by atoms with Crippen LogP contribution in [-0.2, 0) is 16.0 Å². The van der Waals surface area contributed by atoms with E-state index in [9.17, 15) is 18.8 Å².